The van der Waals surface area contributed by atoms with E-state index in [-0.39, 0.29) is 11.4 Å². The van der Waals surface area contributed by atoms with E-state index in [2.05, 4.69) is 4.74 Å². The van der Waals surface area contributed by atoms with E-state index in [4.69, 9.17) is 0 Å². The summed E-state index contributed by atoms with van der Waals surface area (Å²) in [6.07, 6.45) is 1.12. The molecule has 0 spiro atoms. The number of hydrogen-bond acceptors (Lipinski definition) is 5. The molecule has 1 heterocycles. The van der Waals surface area contributed by atoms with E-state index in [1.54, 1.807) is 23.5 Å². The number of ketones is 1. The molecule has 0 aliphatic carbocycles. The first kappa shape index (κ1) is 11.7. The molecule has 5 heteroatoms. The maximum Gasteiger partial charge on any atom is 0.343 e. The molecular formula is C9H12O3S2. The summed E-state index contributed by atoms with van der Waals surface area (Å²) in [5, 5.41) is 0. The van der Waals surface area contributed by atoms with Gasteiger partial charge in [0.15, 0.2) is 5.78 Å². The van der Waals surface area contributed by atoms with Crippen molar-refractivity contribution in [3.05, 3.63) is 9.81 Å². The normalized spacial score (nSPS) is 16.3. The second-order valence-electron chi connectivity index (χ2n) is 2.76. The SMILES string of the molecule is COC(=O)C(C(C)=O)=C1SCCCS1. The molecule has 0 aromatic heterocycles. The van der Waals surface area contributed by atoms with Crippen LogP contribution in [0.1, 0.15) is 13.3 Å². The zero-order valence-corrected chi connectivity index (χ0v) is 9.80. The highest BCUT2D eigenvalue weighted by Gasteiger charge is 2.22. The topological polar surface area (TPSA) is 43.4 Å². The van der Waals surface area contributed by atoms with Crippen LogP contribution >= 0.6 is 23.5 Å². The molecule has 78 valence electrons. The first-order chi connectivity index (χ1) is 6.66. The van der Waals surface area contributed by atoms with Crippen LogP contribution in [0, 0.1) is 0 Å². The number of esters is 1. The highest BCUT2D eigenvalue weighted by atomic mass is 32.2. The predicted octanol–water partition coefficient (Wildman–Crippen LogP) is 1.83. The molecule has 0 amide bonds. The standard InChI is InChI=1S/C9H12O3S2/c1-6(10)7(8(11)12-2)9-13-4-3-5-14-9/h3-5H2,1-2H3. The number of rotatable bonds is 2. The van der Waals surface area contributed by atoms with Gasteiger partial charge in [-0.2, -0.15) is 0 Å². The van der Waals surface area contributed by atoms with Gasteiger partial charge in [0.1, 0.15) is 5.57 Å². The number of carbonyl (C=O) groups is 2. The molecule has 0 aromatic rings. The molecular weight excluding hydrogens is 220 g/mol. The Morgan fingerprint density at radius 3 is 2.29 bits per heavy atom. The van der Waals surface area contributed by atoms with Crippen molar-refractivity contribution in [2.75, 3.05) is 18.6 Å². The molecule has 0 saturated carbocycles. The van der Waals surface area contributed by atoms with Gasteiger partial charge in [0.2, 0.25) is 0 Å². The summed E-state index contributed by atoms with van der Waals surface area (Å²) in [7, 11) is 1.30. The highest BCUT2D eigenvalue weighted by molar-refractivity contribution is 8.22. The average Bonchev–Trinajstić information content (AvgIpc) is 2.19. The van der Waals surface area contributed by atoms with Crippen molar-refractivity contribution in [2.24, 2.45) is 0 Å². The lowest BCUT2D eigenvalue weighted by atomic mass is 10.2. The van der Waals surface area contributed by atoms with Crippen LogP contribution in [0.25, 0.3) is 0 Å². The van der Waals surface area contributed by atoms with Crippen LogP contribution in [0.2, 0.25) is 0 Å². The Labute approximate surface area is 91.6 Å². The minimum atomic E-state index is -0.519. The summed E-state index contributed by atoms with van der Waals surface area (Å²) < 4.78 is 5.40. The summed E-state index contributed by atoms with van der Waals surface area (Å²) in [4.78, 5) is 22.6. The molecule has 0 N–H and O–H groups in total. The van der Waals surface area contributed by atoms with Gasteiger partial charge >= 0.3 is 5.97 Å². The fourth-order valence-electron chi connectivity index (χ4n) is 1.05. The Morgan fingerprint density at radius 2 is 1.86 bits per heavy atom. The van der Waals surface area contributed by atoms with Gasteiger partial charge < -0.3 is 4.74 Å². The van der Waals surface area contributed by atoms with E-state index >= 15 is 0 Å². The molecule has 0 atom stereocenters. The Hall–Kier alpha value is -0.420. The number of hydrogen-bond donors (Lipinski definition) is 0. The molecule has 1 rings (SSSR count). The smallest absolute Gasteiger partial charge is 0.343 e. The maximum absolute atomic E-state index is 11.3. The maximum atomic E-state index is 11.3. The van der Waals surface area contributed by atoms with E-state index in [0.29, 0.717) is 0 Å². The number of ether oxygens (including phenoxy) is 1. The summed E-state index contributed by atoms with van der Waals surface area (Å²) >= 11 is 3.13. The van der Waals surface area contributed by atoms with Crippen LogP contribution in [0.3, 0.4) is 0 Å². The van der Waals surface area contributed by atoms with Gasteiger partial charge in [0, 0.05) is 0 Å². The first-order valence-corrected chi connectivity index (χ1v) is 6.23. The lowest BCUT2D eigenvalue weighted by Crippen LogP contribution is -2.14. The zero-order chi connectivity index (χ0) is 10.6. The summed E-state index contributed by atoms with van der Waals surface area (Å²) in [6.45, 7) is 1.40. The third kappa shape index (κ3) is 2.78. The third-order valence-corrected chi connectivity index (χ3v) is 4.33. The summed E-state index contributed by atoms with van der Waals surface area (Å²) in [5.41, 5.74) is 0.210. The Morgan fingerprint density at radius 1 is 1.29 bits per heavy atom. The van der Waals surface area contributed by atoms with E-state index in [9.17, 15) is 9.59 Å². The van der Waals surface area contributed by atoms with Crippen LogP contribution in [0.15, 0.2) is 9.81 Å². The third-order valence-electron chi connectivity index (χ3n) is 1.70. The minimum absolute atomic E-state index is 0.210. The van der Waals surface area contributed by atoms with Crippen molar-refractivity contribution in [1.29, 1.82) is 0 Å². The monoisotopic (exact) mass is 232 g/mol. The first-order valence-electron chi connectivity index (χ1n) is 4.26. The molecule has 1 fully saturated rings. The molecule has 3 nitrogen and oxygen atoms in total. The fraction of sp³-hybridized carbons (Fsp3) is 0.556. The van der Waals surface area contributed by atoms with Crippen LogP contribution in [0.4, 0.5) is 0 Å². The van der Waals surface area contributed by atoms with Gasteiger partial charge in [-0.25, -0.2) is 4.79 Å². The molecule has 1 aliphatic rings. The lowest BCUT2D eigenvalue weighted by Gasteiger charge is -2.15. The Kier molecular flexibility index (Phi) is 4.54. The molecule has 0 aromatic carbocycles. The summed E-state index contributed by atoms with van der Waals surface area (Å²) in [6, 6.07) is 0. The molecule has 1 saturated heterocycles. The van der Waals surface area contributed by atoms with Crippen molar-refractivity contribution in [1.82, 2.24) is 0 Å². The fourth-order valence-corrected chi connectivity index (χ4v) is 3.75. The Balaban J connectivity index is 2.94. The van der Waals surface area contributed by atoms with Gasteiger partial charge in [-0.05, 0) is 24.9 Å². The van der Waals surface area contributed by atoms with E-state index < -0.39 is 5.97 Å². The van der Waals surface area contributed by atoms with E-state index in [0.717, 1.165) is 22.2 Å². The molecule has 0 bridgehead atoms. The molecule has 0 unspecified atom stereocenters. The quantitative estimate of drug-likeness (QED) is 0.314. The van der Waals surface area contributed by atoms with Crippen molar-refractivity contribution >= 4 is 35.3 Å². The van der Waals surface area contributed by atoms with Gasteiger partial charge in [-0.1, -0.05) is 0 Å². The average molecular weight is 232 g/mol. The van der Waals surface area contributed by atoms with Crippen LogP contribution < -0.4 is 0 Å². The van der Waals surface area contributed by atoms with Crippen molar-refractivity contribution in [2.45, 2.75) is 13.3 Å². The predicted molar refractivity (Wildman–Crippen MR) is 59.3 cm³/mol. The van der Waals surface area contributed by atoms with E-state index in [1.165, 1.54) is 14.0 Å². The van der Waals surface area contributed by atoms with Gasteiger partial charge in [-0.15, -0.1) is 23.5 Å². The zero-order valence-electron chi connectivity index (χ0n) is 8.16. The van der Waals surface area contributed by atoms with Gasteiger partial charge in [-0.3, -0.25) is 4.79 Å². The van der Waals surface area contributed by atoms with Crippen LogP contribution in [-0.4, -0.2) is 30.4 Å². The minimum Gasteiger partial charge on any atom is -0.465 e. The second kappa shape index (κ2) is 5.46. The van der Waals surface area contributed by atoms with Crippen molar-refractivity contribution in [3.63, 3.8) is 0 Å². The Bertz CT molecular complexity index is 276. The van der Waals surface area contributed by atoms with Crippen LogP contribution in [0.5, 0.6) is 0 Å². The van der Waals surface area contributed by atoms with Crippen molar-refractivity contribution in [3.8, 4) is 0 Å². The largest absolute Gasteiger partial charge is 0.465 e. The molecule has 1 aliphatic heterocycles. The summed E-state index contributed by atoms with van der Waals surface area (Å²) in [5.74, 6) is 1.20. The highest BCUT2D eigenvalue weighted by Crippen LogP contribution is 2.37. The lowest BCUT2D eigenvalue weighted by molar-refractivity contribution is -0.137. The van der Waals surface area contributed by atoms with Gasteiger partial charge in [0.25, 0.3) is 0 Å². The number of carbonyl (C=O) groups excluding carboxylic acids is 2. The number of methoxy groups -OCH3 is 1. The van der Waals surface area contributed by atoms with Crippen LogP contribution in [-0.2, 0) is 14.3 Å². The van der Waals surface area contributed by atoms with Gasteiger partial charge in [0.05, 0.1) is 11.3 Å². The molecule has 14 heavy (non-hydrogen) atoms. The number of Topliss-reactive ketones (excluding diaryl/α,β-unsaturated/α-hetero) is 1. The van der Waals surface area contributed by atoms with Crippen molar-refractivity contribution < 1.29 is 14.3 Å². The second-order valence-corrected chi connectivity index (χ2v) is 5.23. The van der Waals surface area contributed by atoms with E-state index in [1.807, 2.05) is 0 Å². The molecule has 0 radical (unpaired) electrons. The number of thioether (sulfide) groups is 2.